The fourth-order valence-electron chi connectivity index (χ4n) is 2.88. The molecule has 2 atom stereocenters. The van der Waals surface area contributed by atoms with Crippen LogP contribution in [0.25, 0.3) is 0 Å². The van der Waals surface area contributed by atoms with Gasteiger partial charge < -0.3 is 4.90 Å². The fourth-order valence-corrected chi connectivity index (χ4v) is 4.03. The summed E-state index contributed by atoms with van der Waals surface area (Å²) >= 11 is 1.85. The zero-order chi connectivity index (χ0) is 15.4. The van der Waals surface area contributed by atoms with Gasteiger partial charge in [-0.05, 0) is 23.6 Å². The van der Waals surface area contributed by atoms with Crippen LogP contribution in [-0.2, 0) is 11.3 Å². The van der Waals surface area contributed by atoms with Gasteiger partial charge in [0.05, 0.1) is 0 Å². The Morgan fingerprint density at radius 3 is 2.36 bits per heavy atom. The van der Waals surface area contributed by atoms with Crippen molar-refractivity contribution in [1.29, 1.82) is 0 Å². The first-order valence-electron chi connectivity index (χ1n) is 7.74. The summed E-state index contributed by atoms with van der Waals surface area (Å²) in [6.45, 7) is 3.68. The van der Waals surface area contributed by atoms with Gasteiger partial charge in [-0.3, -0.25) is 4.79 Å². The predicted octanol–water partition coefficient (Wildman–Crippen LogP) is 4.07. The van der Waals surface area contributed by atoms with Crippen LogP contribution >= 0.6 is 11.8 Å². The highest BCUT2D eigenvalue weighted by Gasteiger charge is 2.36. The number of carbonyl (C=O) groups is 1. The van der Waals surface area contributed by atoms with E-state index in [0.717, 1.165) is 18.8 Å². The van der Waals surface area contributed by atoms with E-state index in [0.29, 0.717) is 11.8 Å². The molecule has 0 aliphatic carbocycles. The first kappa shape index (κ1) is 15.2. The number of hydrogen-bond donors (Lipinski definition) is 0. The fraction of sp³-hybridized carbons (Fsp3) is 0.316. The number of nitrogens with zero attached hydrogens (tertiary/aromatic N) is 1. The van der Waals surface area contributed by atoms with E-state index >= 15 is 0 Å². The molecule has 0 radical (unpaired) electrons. The highest BCUT2D eigenvalue weighted by Crippen LogP contribution is 2.31. The number of carbonyl (C=O) groups excluding carboxylic acids is 1. The van der Waals surface area contributed by atoms with Crippen LogP contribution in [0, 0.1) is 11.8 Å². The van der Waals surface area contributed by atoms with Gasteiger partial charge in [0.1, 0.15) is 0 Å². The van der Waals surface area contributed by atoms with E-state index in [1.54, 1.807) is 0 Å². The van der Waals surface area contributed by atoms with E-state index in [2.05, 4.69) is 43.3 Å². The minimum atomic E-state index is 0.125. The van der Waals surface area contributed by atoms with E-state index in [1.165, 1.54) is 10.5 Å². The molecule has 0 bridgehead atoms. The Bertz CT molecular complexity index is 614. The number of thioether (sulfide) groups is 1. The molecule has 1 amide bonds. The SMILES string of the molecule is C[C@@H]1C(=O)N(Cc2ccccc2)C[C@@H]1CSc1ccccc1. The highest BCUT2D eigenvalue weighted by atomic mass is 32.2. The Morgan fingerprint density at radius 1 is 1.05 bits per heavy atom. The van der Waals surface area contributed by atoms with Crippen molar-refractivity contribution in [2.75, 3.05) is 12.3 Å². The van der Waals surface area contributed by atoms with E-state index in [-0.39, 0.29) is 5.92 Å². The third kappa shape index (κ3) is 3.53. The van der Waals surface area contributed by atoms with Crippen molar-refractivity contribution in [2.45, 2.75) is 18.4 Å². The third-order valence-electron chi connectivity index (χ3n) is 4.29. The lowest BCUT2D eigenvalue weighted by Gasteiger charge is -2.16. The van der Waals surface area contributed by atoms with Gasteiger partial charge in [0.25, 0.3) is 0 Å². The summed E-state index contributed by atoms with van der Waals surface area (Å²) in [5.74, 6) is 1.85. The summed E-state index contributed by atoms with van der Waals surface area (Å²) < 4.78 is 0. The Balaban J connectivity index is 1.59. The first-order chi connectivity index (χ1) is 10.7. The van der Waals surface area contributed by atoms with Gasteiger partial charge in [0.15, 0.2) is 0 Å². The average Bonchev–Trinajstić information content (AvgIpc) is 2.83. The Labute approximate surface area is 136 Å². The van der Waals surface area contributed by atoms with Crippen LogP contribution in [-0.4, -0.2) is 23.1 Å². The molecule has 0 N–H and O–H groups in total. The first-order valence-corrected chi connectivity index (χ1v) is 8.73. The summed E-state index contributed by atoms with van der Waals surface area (Å²) in [4.78, 5) is 15.7. The maximum atomic E-state index is 12.4. The minimum Gasteiger partial charge on any atom is -0.338 e. The van der Waals surface area contributed by atoms with Gasteiger partial charge in [-0.15, -0.1) is 11.8 Å². The lowest BCUT2D eigenvalue weighted by Crippen LogP contribution is -2.26. The second-order valence-corrected chi connectivity index (χ2v) is 6.97. The van der Waals surface area contributed by atoms with Crippen LogP contribution in [0.5, 0.6) is 0 Å². The Hall–Kier alpha value is -1.74. The van der Waals surface area contributed by atoms with Crippen molar-refractivity contribution in [3.8, 4) is 0 Å². The lowest BCUT2D eigenvalue weighted by molar-refractivity contribution is -0.131. The molecule has 22 heavy (non-hydrogen) atoms. The quantitative estimate of drug-likeness (QED) is 0.776. The zero-order valence-corrected chi connectivity index (χ0v) is 13.6. The largest absolute Gasteiger partial charge is 0.338 e. The maximum absolute atomic E-state index is 12.4. The van der Waals surface area contributed by atoms with Crippen molar-refractivity contribution in [3.63, 3.8) is 0 Å². The molecule has 0 spiro atoms. The van der Waals surface area contributed by atoms with Gasteiger partial charge in [-0.1, -0.05) is 55.5 Å². The van der Waals surface area contributed by atoms with Gasteiger partial charge in [0, 0.05) is 29.7 Å². The summed E-state index contributed by atoms with van der Waals surface area (Å²) in [5, 5.41) is 0. The molecule has 1 heterocycles. The molecule has 1 aliphatic rings. The molecule has 3 rings (SSSR count). The Morgan fingerprint density at radius 2 is 1.68 bits per heavy atom. The maximum Gasteiger partial charge on any atom is 0.226 e. The van der Waals surface area contributed by atoms with Crippen molar-refractivity contribution in [2.24, 2.45) is 11.8 Å². The van der Waals surface area contributed by atoms with Gasteiger partial charge >= 0.3 is 0 Å². The lowest BCUT2D eigenvalue weighted by atomic mass is 10.0. The van der Waals surface area contributed by atoms with Gasteiger partial charge in [-0.25, -0.2) is 0 Å². The smallest absolute Gasteiger partial charge is 0.226 e. The number of benzene rings is 2. The molecular weight excluding hydrogens is 290 g/mol. The monoisotopic (exact) mass is 311 g/mol. The number of likely N-dealkylation sites (tertiary alicyclic amines) is 1. The molecule has 2 aromatic carbocycles. The molecule has 0 saturated carbocycles. The van der Waals surface area contributed by atoms with Gasteiger partial charge in [-0.2, -0.15) is 0 Å². The van der Waals surface area contributed by atoms with Crippen LogP contribution in [0.4, 0.5) is 0 Å². The summed E-state index contributed by atoms with van der Waals surface area (Å²) in [6, 6.07) is 20.7. The topological polar surface area (TPSA) is 20.3 Å². The van der Waals surface area contributed by atoms with Crippen molar-refractivity contribution < 1.29 is 4.79 Å². The summed E-state index contributed by atoms with van der Waals surface area (Å²) in [7, 11) is 0. The molecule has 2 aromatic rings. The van der Waals surface area contributed by atoms with Crippen molar-refractivity contribution in [3.05, 3.63) is 66.2 Å². The van der Waals surface area contributed by atoms with E-state index in [1.807, 2.05) is 40.9 Å². The molecule has 1 saturated heterocycles. The zero-order valence-electron chi connectivity index (χ0n) is 12.8. The molecular formula is C19H21NOS. The van der Waals surface area contributed by atoms with E-state index in [4.69, 9.17) is 0 Å². The average molecular weight is 311 g/mol. The summed E-state index contributed by atoms with van der Waals surface area (Å²) in [6.07, 6.45) is 0. The second-order valence-electron chi connectivity index (χ2n) is 5.88. The predicted molar refractivity (Wildman–Crippen MR) is 91.7 cm³/mol. The normalized spacial score (nSPS) is 21.3. The van der Waals surface area contributed by atoms with Crippen LogP contribution in [0.2, 0.25) is 0 Å². The van der Waals surface area contributed by atoms with Crippen molar-refractivity contribution in [1.82, 2.24) is 4.90 Å². The van der Waals surface area contributed by atoms with Crippen molar-refractivity contribution >= 4 is 17.7 Å². The van der Waals surface area contributed by atoms with Crippen LogP contribution in [0.15, 0.2) is 65.6 Å². The number of hydrogen-bond acceptors (Lipinski definition) is 2. The molecule has 1 aliphatic heterocycles. The Kier molecular flexibility index (Phi) is 4.84. The van der Waals surface area contributed by atoms with Crippen LogP contribution < -0.4 is 0 Å². The van der Waals surface area contributed by atoms with Crippen LogP contribution in [0.3, 0.4) is 0 Å². The molecule has 1 fully saturated rings. The highest BCUT2D eigenvalue weighted by molar-refractivity contribution is 7.99. The number of amides is 1. The van der Waals surface area contributed by atoms with E-state index in [9.17, 15) is 4.79 Å². The molecule has 2 nitrogen and oxygen atoms in total. The van der Waals surface area contributed by atoms with E-state index < -0.39 is 0 Å². The third-order valence-corrected chi connectivity index (χ3v) is 5.49. The standard InChI is InChI=1S/C19H21NOS/c1-15-17(14-22-18-10-6-3-7-11-18)13-20(19(15)21)12-16-8-4-2-5-9-16/h2-11,15,17H,12-14H2,1H3/t15-,17+/m0/s1. The summed E-state index contributed by atoms with van der Waals surface area (Å²) in [5.41, 5.74) is 1.21. The second kappa shape index (κ2) is 7.01. The van der Waals surface area contributed by atoms with Crippen LogP contribution in [0.1, 0.15) is 12.5 Å². The van der Waals surface area contributed by atoms with Gasteiger partial charge in [0.2, 0.25) is 5.91 Å². The molecule has 3 heteroatoms. The number of rotatable bonds is 5. The molecule has 0 aromatic heterocycles. The minimum absolute atomic E-state index is 0.125. The molecule has 114 valence electrons. The molecule has 0 unspecified atom stereocenters.